The van der Waals surface area contributed by atoms with E-state index < -0.39 is 0 Å². The topological polar surface area (TPSA) is 54.5 Å². The summed E-state index contributed by atoms with van der Waals surface area (Å²) in [5.41, 5.74) is 3.30. The molecule has 2 atom stereocenters. The molecule has 0 aliphatic heterocycles. The molecule has 4 nitrogen and oxygen atoms in total. The number of aromatic nitrogens is 3. The zero-order valence-electron chi connectivity index (χ0n) is 9.17. The average Bonchev–Trinajstić information content (AvgIpc) is 2.85. The third-order valence-electron chi connectivity index (χ3n) is 3.73. The highest BCUT2D eigenvalue weighted by Crippen LogP contribution is 2.56. The van der Waals surface area contributed by atoms with Crippen molar-refractivity contribution in [3.63, 3.8) is 0 Å². The number of nitrogens with zero attached hydrogens (tertiary/aromatic N) is 4. The predicted octanol–water partition coefficient (Wildman–Crippen LogP) is 1.80. The van der Waals surface area contributed by atoms with Crippen LogP contribution < -0.4 is 0 Å². The fourth-order valence-corrected chi connectivity index (χ4v) is 2.82. The molecular weight excluding hydrogens is 212 g/mol. The maximum Gasteiger partial charge on any atom is 0.154 e. The zero-order chi connectivity index (χ0) is 11.4. The quantitative estimate of drug-likeness (QED) is 0.739. The van der Waals surface area contributed by atoms with Gasteiger partial charge in [-0.05, 0) is 30.4 Å². The van der Waals surface area contributed by atoms with Crippen molar-refractivity contribution in [3.8, 4) is 11.9 Å². The minimum Gasteiger partial charge on any atom is -0.237 e. The molecule has 4 rings (SSSR count). The highest BCUT2D eigenvalue weighted by Gasteiger charge is 2.48. The molecule has 0 unspecified atom stereocenters. The average molecular weight is 222 g/mol. The lowest BCUT2D eigenvalue weighted by atomic mass is 10.2. The van der Waals surface area contributed by atoms with E-state index in [0.29, 0.717) is 11.5 Å². The first-order chi connectivity index (χ1) is 8.36. The van der Waals surface area contributed by atoms with Crippen molar-refractivity contribution in [2.45, 2.75) is 18.8 Å². The van der Waals surface area contributed by atoms with E-state index >= 15 is 0 Å². The molecule has 82 valence electrons. The third kappa shape index (κ3) is 1.17. The molecule has 2 aromatic rings. The third-order valence-corrected chi connectivity index (χ3v) is 3.73. The van der Waals surface area contributed by atoms with Crippen LogP contribution in [-0.2, 0) is 6.42 Å². The van der Waals surface area contributed by atoms with E-state index in [4.69, 9.17) is 5.26 Å². The van der Waals surface area contributed by atoms with E-state index in [1.165, 1.54) is 17.7 Å². The summed E-state index contributed by atoms with van der Waals surface area (Å²) in [6, 6.07) is 5.65. The first-order valence-electron chi connectivity index (χ1n) is 5.80. The lowest BCUT2D eigenvalue weighted by Crippen LogP contribution is -2.03. The van der Waals surface area contributed by atoms with Gasteiger partial charge in [0.05, 0.1) is 23.5 Å². The maximum atomic E-state index is 8.91. The summed E-state index contributed by atoms with van der Waals surface area (Å²) < 4.78 is 1.91. The summed E-state index contributed by atoms with van der Waals surface area (Å²) in [6.07, 6.45) is 6.07. The largest absolute Gasteiger partial charge is 0.237 e. The molecule has 2 aliphatic rings. The van der Waals surface area contributed by atoms with Gasteiger partial charge in [-0.25, -0.2) is 9.67 Å². The van der Waals surface area contributed by atoms with Crippen LogP contribution in [0.4, 0.5) is 0 Å². The highest BCUT2D eigenvalue weighted by molar-refractivity contribution is 5.42. The maximum absolute atomic E-state index is 8.91. The molecule has 0 amide bonds. The molecular formula is C13H10N4. The molecule has 0 radical (unpaired) electrons. The minimum absolute atomic E-state index is 0.629. The van der Waals surface area contributed by atoms with Gasteiger partial charge in [-0.2, -0.15) is 10.4 Å². The van der Waals surface area contributed by atoms with E-state index in [1.54, 1.807) is 18.3 Å². The van der Waals surface area contributed by atoms with Gasteiger partial charge in [0.2, 0.25) is 0 Å². The Kier molecular flexibility index (Phi) is 1.55. The lowest BCUT2D eigenvalue weighted by Gasteiger charge is -2.05. The molecule has 0 N–H and O–H groups in total. The van der Waals surface area contributed by atoms with Crippen LogP contribution >= 0.6 is 0 Å². The van der Waals surface area contributed by atoms with E-state index in [1.807, 2.05) is 10.9 Å². The van der Waals surface area contributed by atoms with Crippen LogP contribution in [0, 0.1) is 17.2 Å². The number of nitriles is 1. The van der Waals surface area contributed by atoms with E-state index in [0.717, 1.165) is 18.2 Å². The van der Waals surface area contributed by atoms with Gasteiger partial charge in [-0.3, -0.25) is 0 Å². The van der Waals surface area contributed by atoms with Gasteiger partial charge in [-0.1, -0.05) is 0 Å². The standard InChI is InChI=1S/C13H10N4/c14-6-8-1-2-15-12(3-8)17-13-10(7-16-17)4-9-5-11(9)13/h1-3,7,9,11H,4-5H2/t9-,11+/m1/s1. The summed E-state index contributed by atoms with van der Waals surface area (Å²) in [5, 5.41) is 13.3. The Morgan fingerprint density at radius 2 is 2.41 bits per heavy atom. The van der Waals surface area contributed by atoms with Gasteiger partial charge in [0, 0.05) is 18.2 Å². The molecule has 0 saturated heterocycles. The number of pyridine rings is 1. The first kappa shape index (κ1) is 8.94. The molecule has 2 aromatic heterocycles. The number of hydrogen-bond donors (Lipinski definition) is 0. The smallest absolute Gasteiger partial charge is 0.154 e. The molecule has 2 heterocycles. The summed E-state index contributed by atoms with van der Waals surface area (Å²) in [6.45, 7) is 0. The van der Waals surface area contributed by atoms with Gasteiger partial charge in [0.15, 0.2) is 5.82 Å². The molecule has 4 heteroatoms. The lowest BCUT2D eigenvalue weighted by molar-refractivity contribution is 0.770. The SMILES string of the molecule is N#Cc1ccnc(-n2ncc3c2[C@H]2C[C@H]2C3)c1. The summed E-state index contributed by atoms with van der Waals surface area (Å²) in [4.78, 5) is 4.31. The molecule has 17 heavy (non-hydrogen) atoms. The van der Waals surface area contributed by atoms with E-state index in [2.05, 4.69) is 16.2 Å². The second-order valence-electron chi connectivity index (χ2n) is 4.79. The predicted molar refractivity (Wildman–Crippen MR) is 60.6 cm³/mol. The van der Waals surface area contributed by atoms with Gasteiger partial charge < -0.3 is 0 Å². The monoisotopic (exact) mass is 222 g/mol. The van der Waals surface area contributed by atoms with Crippen LogP contribution in [0.5, 0.6) is 0 Å². The van der Waals surface area contributed by atoms with Gasteiger partial charge in [-0.15, -0.1) is 0 Å². The molecule has 0 spiro atoms. The van der Waals surface area contributed by atoms with Crippen LogP contribution in [0.1, 0.15) is 29.2 Å². The van der Waals surface area contributed by atoms with Crippen molar-refractivity contribution in [2.75, 3.05) is 0 Å². The number of hydrogen-bond acceptors (Lipinski definition) is 3. The van der Waals surface area contributed by atoms with Gasteiger partial charge in [0.25, 0.3) is 0 Å². The Labute approximate surface area is 98.5 Å². The number of fused-ring (bicyclic) bond motifs is 3. The van der Waals surface area contributed by atoms with Crippen LogP contribution in [0.2, 0.25) is 0 Å². The number of rotatable bonds is 1. The summed E-state index contributed by atoms with van der Waals surface area (Å²) >= 11 is 0. The Morgan fingerprint density at radius 1 is 1.47 bits per heavy atom. The van der Waals surface area contributed by atoms with Gasteiger partial charge >= 0.3 is 0 Å². The van der Waals surface area contributed by atoms with Crippen LogP contribution in [0.3, 0.4) is 0 Å². The Morgan fingerprint density at radius 3 is 3.29 bits per heavy atom. The zero-order valence-corrected chi connectivity index (χ0v) is 9.17. The van der Waals surface area contributed by atoms with Crippen LogP contribution in [-0.4, -0.2) is 14.8 Å². The van der Waals surface area contributed by atoms with E-state index in [9.17, 15) is 0 Å². The van der Waals surface area contributed by atoms with Crippen molar-refractivity contribution < 1.29 is 0 Å². The van der Waals surface area contributed by atoms with Crippen molar-refractivity contribution in [1.82, 2.24) is 14.8 Å². The Hall–Kier alpha value is -2.15. The van der Waals surface area contributed by atoms with Crippen LogP contribution in [0.15, 0.2) is 24.5 Å². The fraction of sp³-hybridized carbons (Fsp3) is 0.308. The van der Waals surface area contributed by atoms with Crippen molar-refractivity contribution in [1.29, 1.82) is 5.26 Å². The fourth-order valence-electron chi connectivity index (χ4n) is 2.82. The Balaban J connectivity index is 1.87. The van der Waals surface area contributed by atoms with Gasteiger partial charge in [0.1, 0.15) is 0 Å². The minimum atomic E-state index is 0.629. The molecule has 1 saturated carbocycles. The van der Waals surface area contributed by atoms with Crippen molar-refractivity contribution >= 4 is 0 Å². The van der Waals surface area contributed by atoms with Crippen LogP contribution in [0.25, 0.3) is 5.82 Å². The molecule has 2 aliphatic carbocycles. The first-order valence-corrected chi connectivity index (χ1v) is 5.80. The molecule has 0 aromatic carbocycles. The highest BCUT2D eigenvalue weighted by atomic mass is 15.3. The Bertz CT molecular complexity index is 650. The second kappa shape index (κ2) is 2.95. The second-order valence-corrected chi connectivity index (χ2v) is 4.79. The summed E-state index contributed by atoms with van der Waals surface area (Å²) in [7, 11) is 0. The van der Waals surface area contributed by atoms with Crippen molar-refractivity contribution in [2.24, 2.45) is 5.92 Å². The molecule has 1 fully saturated rings. The molecule has 0 bridgehead atoms. The summed E-state index contributed by atoms with van der Waals surface area (Å²) in [5.74, 6) is 2.28. The normalized spacial score (nSPS) is 23.9. The van der Waals surface area contributed by atoms with Crippen molar-refractivity contribution in [3.05, 3.63) is 41.3 Å². The van der Waals surface area contributed by atoms with E-state index in [-0.39, 0.29) is 0 Å².